The molecule has 0 N–H and O–H groups in total. The summed E-state index contributed by atoms with van der Waals surface area (Å²) in [5.74, 6) is 0.907. The molecule has 0 atom stereocenters. The molecule has 0 spiro atoms. The van der Waals surface area contributed by atoms with Crippen molar-refractivity contribution in [1.82, 2.24) is 4.98 Å². The van der Waals surface area contributed by atoms with Gasteiger partial charge in [-0.3, -0.25) is 4.79 Å². The number of ether oxygens (including phenoxy) is 1. The van der Waals surface area contributed by atoms with E-state index >= 15 is 0 Å². The van der Waals surface area contributed by atoms with Gasteiger partial charge in [0.05, 0.1) is 10.7 Å². The highest BCUT2D eigenvalue weighted by atomic mass is 127. The quantitative estimate of drug-likeness (QED) is 0.635. The van der Waals surface area contributed by atoms with Crippen molar-refractivity contribution in [2.24, 2.45) is 5.92 Å². The topological polar surface area (TPSA) is 39.2 Å². The fourth-order valence-corrected chi connectivity index (χ4v) is 1.78. The number of Topliss-reactive ketones (excluding diaryl/α,β-unsaturated/α-hetero) is 1. The number of carbonyl (C=O) groups excluding carboxylic acids is 1. The summed E-state index contributed by atoms with van der Waals surface area (Å²) >= 11 is 2.13. The highest BCUT2D eigenvalue weighted by molar-refractivity contribution is 14.1. The van der Waals surface area contributed by atoms with Crippen LogP contribution in [-0.2, 0) is 0 Å². The third-order valence-electron chi connectivity index (χ3n) is 2.21. The molecule has 3 nitrogen and oxygen atoms in total. The van der Waals surface area contributed by atoms with Crippen molar-refractivity contribution >= 4 is 28.4 Å². The molecule has 1 heterocycles. The van der Waals surface area contributed by atoms with Crippen molar-refractivity contribution in [2.45, 2.75) is 12.8 Å². The van der Waals surface area contributed by atoms with Gasteiger partial charge in [-0.25, -0.2) is 4.98 Å². The third kappa shape index (κ3) is 1.89. The first-order valence-electron chi connectivity index (χ1n) is 4.47. The van der Waals surface area contributed by atoms with E-state index in [1.54, 1.807) is 13.2 Å². The molecular formula is C10H10INO2. The molecule has 14 heavy (non-hydrogen) atoms. The third-order valence-corrected chi connectivity index (χ3v) is 3.03. The predicted molar refractivity (Wildman–Crippen MR) is 60.6 cm³/mol. The summed E-state index contributed by atoms with van der Waals surface area (Å²) in [5, 5.41) is 0. The number of hydrogen-bond acceptors (Lipinski definition) is 3. The van der Waals surface area contributed by atoms with Gasteiger partial charge >= 0.3 is 0 Å². The summed E-state index contributed by atoms with van der Waals surface area (Å²) < 4.78 is 5.99. The molecule has 0 aliphatic heterocycles. The first kappa shape index (κ1) is 9.89. The van der Waals surface area contributed by atoms with E-state index in [1.165, 1.54) is 0 Å². The SMILES string of the molecule is COc1nc(C(=O)C2CC2)ccc1I. The lowest BCUT2D eigenvalue weighted by molar-refractivity contribution is 0.0962. The number of aromatic nitrogens is 1. The molecule has 2 rings (SSSR count). The van der Waals surface area contributed by atoms with Crippen LogP contribution < -0.4 is 4.74 Å². The molecule has 1 aromatic heterocycles. The van der Waals surface area contributed by atoms with Crippen molar-refractivity contribution in [2.75, 3.05) is 7.11 Å². The number of nitrogens with zero attached hydrogens (tertiary/aromatic N) is 1. The molecule has 0 unspecified atom stereocenters. The van der Waals surface area contributed by atoms with Crippen LogP contribution in [-0.4, -0.2) is 17.9 Å². The summed E-state index contributed by atoms with van der Waals surface area (Å²) in [5.41, 5.74) is 0.532. The maximum atomic E-state index is 11.7. The fourth-order valence-electron chi connectivity index (χ4n) is 1.26. The van der Waals surface area contributed by atoms with Crippen molar-refractivity contribution < 1.29 is 9.53 Å². The fraction of sp³-hybridized carbons (Fsp3) is 0.400. The van der Waals surface area contributed by atoms with E-state index in [9.17, 15) is 4.79 Å². The van der Waals surface area contributed by atoms with Gasteiger partial charge in [-0.05, 0) is 47.6 Å². The molecule has 0 saturated heterocycles. The lowest BCUT2D eigenvalue weighted by Gasteiger charge is -2.03. The standard InChI is InChI=1S/C10H10INO2/c1-14-10-7(11)4-5-8(12-10)9(13)6-2-3-6/h4-6H,2-3H2,1H3. The molecule has 1 saturated carbocycles. The molecular weight excluding hydrogens is 293 g/mol. The Morgan fingerprint density at radius 2 is 2.29 bits per heavy atom. The minimum absolute atomic E-state index is 0.153. The zero-order valence-electron chi connectivity index (χ0n) is 7.79. The maximum Gasteiger partial charge on any atom is 0.227 e. The Morgan fingerprint density at radius 3 is 2.86 bits per heavy atom. The number of hydrogen-bond donors (Lipinski definition) is 0. The number of pyridine rings is 1. The van der Waals surface area contributed by atoms with Gasteiger partial charge in [0.2, 0.25) is 5.88 Å². The van der Waals surface area contributed by atoms with Crippen LogP contribution in [0.3, 0.4) is 0 Å². The van der Waals surface area contributed by atoms with Crippen LogP contribution in [0.4, 0.5) is 0 Å². The van der Waals surface area contributed by atoms with Crippen molar-refractivity contribution in [3.8, 4) is 5.88 Å². The Bertz CT molecular complexity index is 374. The van der Waals surface area contributed by atoms with E-state index in [0.717, 1.165) is 16.4 Å². The number of rotatable bonds is 3. The minimum atomic E-state index is 0.153. The number of halogens is 1. The van der Waals surface area contributed by atoms with Gasteiger partial charge in [0.15, 0.2) is 5.78 Å². The molecule has 4 heteroatoms. The van der Waals surface area contributed by atoms with Crippen molar-refractivity contribution in [3.63, 3.8) is 0 Å². The van der Waals surface area contributed by atoms with Crippen LogP contribution in [0.2, 0.25) is 0 Å². The highest BCUT2D eigenvalue weighted by Gasteiger charge is 2.31. The summed E-state index contributed by atoms with van der Waals surface area (Å²) in [4.78, 5) is 15.8. The normalized spacial score (nSPS) is 15.3. The summed E-state index contributed by atoms with van der Waals surface area (Å²) in [6, 6.07) is 3.63. The van der Waals surface area contributed by atoms with E-state index in [0.29, 0.717) is 11.6 Å². The second-order valence-corrected chi connectivity index (χ2v) is 4.49. The lowest BCUT2D eigenvalue weighted by atomic mass is 10.2. The highest BCUT2D eigenvalue weighted by Crippen LogP contribution is 2.32. The maximum absolute atomic E-state index is 11.7. The molecule has 0 aromatic carbocycles. The molecule has 1 aliphatic carbocycles. The zero-order chi connectivity index (χ0) is 10.1. The van der Waals surface area contributed by atoms with Gasteiger partial charge in [-0.15, -0.1) is 0 Å². The number of carbonyl (C=O) groups is 1. The van der Waals surface area contributed by atoms with Crippen LogP contribution in [0.15, 0.2) is 12.1 Å². The van der Waals surface area contributed by atoms with E-state index in [-0.39, 0.29) is 11.7 Å². The Balaban J connectivity index is 2.29. The number of ketones is 1. The molecule has 1 aliphatic rings. The molecule has 0 radical (unpaired) electrons. The first-order chi connectivity index (χ1) is 6.72. The van der Waals surface area contributed by atoms with Crippen LogP contribution >= 0.6 is 22.6 Å². The Kier molecular flexibility index (Phi) is 2.71. The van der Waals surface area contributed by atoms with Crippen molar-refractivity contribution in [3.05, 3.63) is 21.4 Å². The summed E-state index contributed by atoms with van der Waals surface area (Å²) in [6.07, 6.45) is 2.02. The van der Waals surface area contributed by atoms with E-state index in [4.69, 9.17) is 4.74 Å². The van der Waals surface area contributed by atoms with Crippen molar-refractivity contribution in [1.29, 1.82) is 0 Å². The molecule has 1 fully saturated rings. The first-order valence-corrected chi connectivity index (χ1v) is 5.55. The van der Waals surface area contributed by atoms with E-state index < -0.39 is 0 Å². The van der Waals surface area contributed by atoms with Gasteiger partial charge in [-0.1, -0.05) is 0 Å². The van der Waals surface area contributed by atoms with Crippen LogP contribution in [0.1, 0.15) is 23.3 Å². The van der Waals surface area contributed by atoms with Gasteiger partial charge in [0.1, 0.15) is 5.69 Å². The van der Waals surface area contributed by atoms with Gasteiger partial charge in [-0.2, -0.15) is 0 Å². The predicted octanol–water partition coefficient (Wildman–Crippen LogP) is 2.29. The van der Waals surface area contributed by atoms with Gasteiger partial charge in [0, 0.05) is 5.92 Å². The summed E-state index contributed by atoms with van der Waals surface area (Å²) in [6.45, 7) is 0. The van der Waals surface area contributed by atoms with Gasteiger partial charge < -0.3 is 4.74 Å². The van der Waals surface area contributed by atoms with Crippen LogP contribution in [0.5, 0.6) is 5.88 Å². The Hall–Kier alpha value is -0.650. The lowest BCUT2D eigenvalue weighted by Crippen LogP contribution is -2.05. The average molecular weight is 303 g/mol. The Labute approximate surface area is 96.0 Å². The molecule has 0 amide bonds. The summed E-state index contributed by atoms with van der Waals surface area (Å²) in [7, 11) is 1.57. The van der Waals surface area contributed by atoms with E-state index in [2.05, 4.69) is 27.6 Å². The second kappa shape index (κ2) is 3.84. The largest absolute Gasteiger partial charge is 0.480 e. The Morgan fingerprint density at radius 1 is 1.57 bits per heavy atom. The molecule has 74 valence electrons. The second-order valence-electron chi connectivity index (χ2n) is 3.33. The molecule has 1 aromatic rings. The van der Waals surface area contributed by atoms with E-state index in [1.807, 2.05) is 6.07 Å². The smallest absolute Gasteiger partial charge is 0.227 e. The molecule has 0 bridgehead atoms. The number of methoxy groups -OCH3 is 1. The van der Waals surface area contributed by atoms with Gasteiger partial charge in [0.25, 0.3) is 0 Å². The zero-order valence-corrected chi connectivity index (χ0v) is 9.95. The van der Waals surface area contributed by atoms with Crippen LogP contribution in [0.25, 0.3) is 0 Å². The minimum Gasteiger partial charge on any atom is -0.480 e. The monoisotopic (exact) mass is 303 g/mol. The van der Waals surface area contributed by atoms with Crippen LogP contribution in [0, 0.1) is 9.49 Å². The average Bonchev–Trinajstić information content (AvgIpc) is 3.01.